The normalized spacial score (nSPS) is 24.8. The summed E-state index contributed by atoms with van der Waals surface area (Å²) in [5, 5.41) is 0. The summed E-state index contributed by atoms with van der Waals surface area (Å²) in [7, 11) is 0. The maximum Gasteiger partial charge on any atom is 0.115 e. The van der Waals surface area contributed by atoms with Crippen LogP contribution in [0, 0.1) is 5.41 Å². The third-order valence-corrected chi connectivity index (χ3v) is 4.96. The van der Waals surface area contributed by atoms with Crippen LogP contribution in [-0.4, -0.2) is 9.97 Å². The predicted molar refractivity (Wildman–Crippen MR) is 75.0 cm³/mol. The van der Waals surface area contributed by atoms with Gasteiger partial charge in [0.2, 0.25) is 0 Å². The minimum Gasteiger partial charge on any atom is -0.245 e. The second-order valence-corrected chi connectivity index (χ2v) is 6.12. The fourth-order valence-electron chi connectivity index (χ4n) is 3.83. The van der Waals surface area contributed by atoms with Crippen LogP contribution < -0.4 is 0 Å². The van der Waals surface area contributed by atoms with E-state index >= 15 is 0 Å². The average molecular weight is 250 g/mol. The van der Waals surface area contributed by atoms with Gasteiger partial charge in [-0.05, 0) is 60.6 Å². The fraction of sp³-hybridized carbons (Fsp3) is 0.412. The highest BCUT2D eigenvalue weighted by Gasteiger charge is 2.37. The molecule has 0 amide bonds. The lowest BCUT2D eigenvalue weighted by Crippen LogP contribution is -2.35. The second kappa shape index (κ2) is 4.16. The molecule has 2 aliphatic carbocycles. The molecule has 1 unspecified atom stereocenters. The van der Waals surface area contributed by atoms with E-state index in [4.69, 9.17) is 0 Å². The number of aromatic nitrogens is 2. The van der Waals surface area contributed by atoms with Crippen molar-refractivity contribution in [1.82, 2.24) is 9.97 Å². The Labute approximate surface area is 113 Å². The van der Waals surface area contributed by atoms with Crippen molar-refractivity contribution in [2.24, 2.45) is 5.41 Å². The van der Waals surface area contributed by atoms with E-state index in [1.807, 2.05) is 6.20 Å². The molecule has 0 N–H and O–H groups in total. The van der Waals surface area contributed by atoms with Gasteiger partial charge in [0.25, 0.3) is 0 Å². The van der Waals surface area contributed by atoms with E-state index in [0.717, 1.165) is 12.8 Å². The number of benzene rings is 1. The van der Waals surface area contributed by atoms with Crippen molar-refractivity contribution >= 4 is 0 Å². The maximum absolute atomic E-state index is 4.51. The average Bonchev–Trinajstić information content (AvgIpc) is 2.47. The number of fused-ring (bicyclic) bond motifs is 2. The molecule has 0 fully saturated rings. The monoisotopic (exact) mass is 250 g/mol. The smallest absolute Gasteiger partial charge is 0.115 e. The molecule has 1 atom stereocenters. The zero-order chi connectivity index (χ0) is 12.7. The van der Waals surface area contributed by atoms with Crippen LogP contribution in [0.5, 0.6) is 0 Å². The lowest BCUT2D eigenvalue weighted by Gasteiger charge is -2.41. The number of nitrogens with zero attached hydrogens (tertiary/aromatic N) is 2. The van der Waals surface area contributed by atoms with E-state index in [1.54, 1.807) is 17.5 Å². The summed E-state index contributed by atoms with van der Waals surface area (Å²) < 4.78 is 0. The van der Waals surface area contributed by atoms with E-state index in [9.17, 15) is 0 Å². The van der Waals surface area contributed by atoms with Gasteiger partial charge >= 0.3 is 0 Å². The van der Waals surface area contributed by atoms with Gasteiger partial charge in [-0.3, -0.25) is 0 Å². The molecule has 4 rings (SSSR count). The van der Waals surface area contributed by atoms with Crippen LogP contribution in [0.15, 0.2) is 36.8 Å². The Morgan fingerprint density at radius 1 is 0.895 bits per heavy atom. The first-order valence-electron chi connectivity index (χ1n) is 7.19. The number of rotatable bonds is 0. The Morgan fingerprint density at radius 3 is 2.58 bits per heavy atom. The molecule has 1 spiro atoms. The van der Waals surface area contributed by atoms with Crippen molar-refractivity contribution in [3.05, 3.63) is 59.2 Å². The highest BCUT2D eigenvalue weighted by atomic mass is 14.8. The Hall–Kier alpha value is -1.70. The van der Waals surface area contributed by atoms with Crippen LogP contribution in [0.4, 0.5) is 0 Å². The number of hydrogen-bond acceptors (Lipinski definition) is 2. The molecule has 0 saturated carbocycles. The quantitative estimate of drug-likeness (QED) is 0.718. The molecule has 19 heavy (non-hydrogen) atoms. The first-order chi connectivity index (χ1) is 9.35. The van der Waals surface area contributed by atoms with Crippen molar-refractivity contribution < 1.29 is 0 Å². The van der Waals surface area contributed by atoms with E-state index in [2.05, 4.69) is 34.2 Å². The lowest BCUT2D eigenvalue weighted by molar-refractivity contribution is 0.207. The van der Waals surface area contributed by atoms with Gasteiger partial charge in [-0.15, -0.1) is 0 Å². The Bertz CT molecular complexity index is 563. The van der Waals surface area contributed by atoms with Gasteiger partial charge in [-0.2, -0.15) is 0 Å². The molecule has 2 heteroatoms. The predicted octanol–water partition coefficient (Wildman–Crippen LogP) is 3.14. The van der Waals surface area contributed by atoms with Gasteiger partial charge in [0, 0.05) is 11.9 Å². The highest BCUT2D eigenvalue weighted by Crippen LogP contribution is 2.44. The molecular formula is C17H18N2. The Balaban J connectivity index is 1.68. The van der Waals surface area contributed by atoms with Crippen LogP contribution in [0.1, 0.15) is 35.2 Å². The van der Waals surface area contributed by atoms with Gasteiger partial charge in [-0.1, -0.05) is 24.3 Å². The molecule has 2 nitrogen and oxygen atoms in total. The first-order valence-corrected chi connectivity index (χ1v) is 7.19. The van der Waals surface area contributed by atoms with Crippen molar-refractivity contribution in [1.29, 1.82) is 0 Å². The van der Waals surface area contributed by atoms with Crippen molar-refractivity contribution in [2.45, 2.75) is 38.5 Å². The molecule has 1 heterocycles. The molecule has 2 aromatic rings. The molecular weight excluding hydrogens is 232 g/mol. The summed E-state index contributed by atoms with van der Waals surface area (Å²) >= 11 is 0. The third kappa shape index (κ3) is 1.86. The molecule has 2 aliphatic rings. The molecule has 1 aromatic carbocycles. The summed E-state index contributed by atoms with van der Waals surface area (Å²) in [6, 6.07) is 8.95. The zero-order valence-corrected chi connectivity index (χ0v) is 11.1. The summed E-state index contributed by atoms with van der Waals surface area (Å²) in [6.45, 7) is 0. The van der Waals surface area contributed by atoms with Crippen LogP contribution in [0.25, 0.3) is 0 Å². The van der Waals surface area contributed by atoms with E-state index in [-0.39, 0.29) is 0 Å². The summed E-state index contributed by atoms with van der Waals surface area (Å²) in [4.78, 5) is 8.67. The summed E-state index contributed by atoms with van der Waals surface area (Å²) in [5.41, 5.74) is 6.23. The third-order valence-electron chi connectivity index (χ3n) is 4.96. The largest absolute Gasteiger partial charge is 0.245 e. The van der Waals surface area contributed by atoms with Gasteiger partial charge in [-0.25, -0.2) is 9.97 Å². The van der Waals surface area contributed by atoms with Crippen LogP contribution in [0.3, 0.4) is 0 Å². The molecule has 0 radical (unpaired) electrons. The van der Waals surface area contributed by atoms with Gasteiger partial charge < -0.3 is 0 Å². The minimum absolute atomic E-state index is 0.454. The standard InChI is InChI=1S/C17H18N2/c1-2-4-14-9-17(7-5-13(14)3-1)8-6-15-11-18-12-19-16(15)10-17/h1-4,11-12H,5-10H2. The lowest BCUT2D eigenvalue weighted by atomic mass is 9.64. The topological polar surface area (TPSA) is 25.8 Å². The molecule has 96 valence electrons. The van der Waals surface area contributed by atoms with E-state index in [0.29, 0.717) is 5.41 Å². The summed E-state index contributed by atoms with van der Waals surface area (Å²) in [6.07, 6.45) is 11.1. The molecule has 0 saturated heterocycles. The zero-order valence-electron chi connectivity index (χ0n) is 11.1. The van der Waals surface area contributed by atoms with Crippen molar-refractivity contribution in [3.63, 3.8) is 0 Å². The van der Waals surface area contributed by atoms with Crippen LogP contribution in [-0.2, 0) is 25.7 Å². The van der Waals surface area contributed by atoms with Crippen LogP contribution >= 0.6 is 0 Å². The fourth-order valence-corrected chi connectivity index (χ4v) is 3.83. The molecule has 1 aromatic heterocycles. The number of aryl methyl sites for hydroxylation is 2. The number of hydrogen-bond donors (Lipinski definition) is 0. The molecule has 0 bridgehead atoms. The second-order valence-electron chi connectivity index (χ2n) is 6.12. The SMILES string of the molecule is c1ccc2c(c1)CCC1(CCc3cncnc3C1)C2. The summed E-state index contributed by atoms with van der Waals surface area (Å²) in [5.74, 6) is 0. The highest BCUT2D eigenvalue weighted by molar-refractivity contribution is 5.33. The Morgan fingerprint density at radius 2 is 1.68 bits per heavy atom. The molecule has 0 aliphatic heterocycles. The van der Waals surface area contributed by atoms with Gasteiger partial charge in [0.15, 0.2) is 0 Å². The maximum atomic E-state index is 4.51. The van der Waals surface area contributed by atoms with E-state index in [1.165, 1.54) is 36.9 Å². The van der Waals surface area contributed by atoms with Crippen molar-refractivity contribution in [3.8, 4) is 0 Å². The Kier molecular flexibility index (Phi) is 2.44. The van der Waals surface area contributed by atoms with Gasteiger partial charge in [0.05, 0.1) is 0 Å². The minimum atomic E-state index is 0.454. The van der Waals surface area contributed by atoms with Gasteiger partial charge in [0.1, 0.15) is 6.33 Å². The van der Waals surface area contributed by atoms with Crippen molar-refractivity contribution in [2.75, 3.05) is 0 Å². The van der Waals surface area contributed by atoms with Crippen LogP contribution in [0.2, 0.25) is 0 Å². The first kappa shape index (κ1) is 11.2. The van der Waals surface area contributed by atoms with E-state index < -0.39 is 0 Å².